The van der Waals surface area contributed by atoms with E-state index in [-0.39, 0.29) is 6.09 Å². The van der Waals surface area contributed by atoms with E-state index in [2.05, 4.69) is 24.2 Å². The molecule has 2 aliphatic rings. The molecule has 0 spiro atoms. The van der Waals surface area contributed by atoms with Crippen molar-refractivity contribution in [2.45, 2.75) is 64.6 Å². The molecule has 22 heavy (non-hydrogen) atoms. The van der Waals surface area contributed by atoms with Crippen molar-refractivity contribution >= 4 is 6.09 Å². The fourth-order valence-corrected chi connectivity index (χ4v) is 3.39. The predicted molar refractivity (Wildman–Crippen MR) is 89.0 cm³/mol. The van der Waals surface area contributed by atoms with Crippen molar-refractivity contribution in [2.24, 2.45) is 5.92 Å². The molecule has 2 saturated heterocycles. The van der Waals surface area contributed by atoms with E-state index in [9.17, 15) is 4.79 Å². The number of nitrogens with zero attached hydrogens (tertiary/aromatic N) is 2. The zero-order chi connectivity index (χ0) is 16.3. The van der Waals surface area contributed by atoms with E-state index in [1.807, 2.05) is 25.7 Å². The predicted octanol–water partition coefficient (Wildman–Crippen LogP) is 2.32. The van der Waals surface area contributed by atoms with Crippen molar-refractivity contribution in [3.05, 3.63) is 0 Å². The zero-order valence-electron chi connectivity index (χ0n) is 14.9. The minimum atomic E-state index is -0.401. The molecule has 2 aliphatic heterocycles. The molecular weight excluding hydrogens is 278 g/mol. The summed E-state index contributed by atoms with van der Waals surface area (Å²) in [5.41, 5.74) is -0.401. The lowest BCUT2D eigenvalue weighted by atomic mass is 10.0. The maximum Gasteiger partial charge on any atom is 0.410 e. The van der Waals surface area contributed by atoms with Crippen LogP contribution in [0.4, 0.5) is 4.79 Å². The molecule has 128 valence electrons. The number of rotatable bonds is 4. The summed E-state index contributed by atoms with van der Waals surface area (Å²) in [5.74, 6) is 0.608. The first-order valence-corrected chi connectivity index (χ1v) is 8.66. The number of nitrogens with one attached hydrogen (secondary N) is 1. The summed E-state index contributed by atoms with van der Waals surface area (Å²) in [7, 11) is 2.20. The van der Waals surface area contributed by atoms with E-state index in [1.54, 1.807) is 0 Å². The second-order valence-electron chi connectivity index (χ2n) is 8.05. The maximum atomic E-state index is 12.0. The number of hydrogen-bond donors (Lipinski definition) is 1. The summed E-state index contributed by atoms with van der Waals surface area (Å²) in [5, 5.41) is 3.68. The number of ether oxygens (including phenoxy) is 1. The van der Waals surface area contributed by atoms with Crippen LogP contribution in [-0.2, 0) is 4.74 Å². The van der Waals surface area contributed by atoms with Crippen molar-refractivity contribution in [3.63, 3.8) is 0 Å². The van der Waals surface area contributed by atoms with Crippen LogP contribution < -0.4 is 5.32 Å². The maximum absolute atomic E-state index is 12.0. The van der Waals surface area contributed by atoms with E-state index in [0.717, 1.165) is 39.0 Å². The molecule has 1 amide bonds. The lowest BCUT2D eigenvalue weighted by Crippen LogP contribution is -2.36. The van der Waals surface area contributed by atoms with E-state index in [1.165, 1.54) is 6.42 Å². The molecule has 5 heteroatoms. The molecule has 2 heterocycles. The van der Waals surface area contributed by atoms with Gasteiger partial charge >= 0.3 is 6.09 Å². The molecule has 2 rings (SSSR count). The van der Waals surface area contributed by atoms with Crippen LogP contribution in [0.2, 0.25) is 0 Å². The highest BCUT2D eigenvalue weighted by Crippen LogP contribution is 2.22. The number of likely N-dealkylation sites (N-methyl/N-ethyl adjacent to an activating group) is 1. The largest absolute Gasteiger partial charge is 0.444 e. The van der Waals surface area contributed by atoms with Gasteiger partial charge in [0.25, 0.3) is 0 Å². The van der Waals surface area contributed by atoms with Crippen LogP contribution in [0.5, 0.6) is 0 Å². The molecular formula is C17H33N3O2. The Morgan fingerprint density at radius 1 is 1.32 bits per heavy atom. The molecule has 0 aliphatic carbocycles. The van der Waals surface area contributed by atoms with Crippen LogP contribution in [0.3, 0.4) is 0 Å². The van der Waals surface area contributed by atoms with Gasteiger partial charge < -0.3 is 19.9 Å². The van der Waals surface area contributed by atoms with Crippen molar-refractivity contribution < 1.29 is 9.53 Å². The highest BCUT2D eigenvalue weighted by molar-refractivity contribution is 5.68. The minimum absolute atomic E-state index is 0.158. The molecule has 1 N–H and O–H groups in total. The molecule has 5 nitrogen and oxygen atoms in total. The molecule has 0 saturated carbocycles. The second-order valence-corrected chi connectivity index (χ2v) is 8.05. The van der Waals surface area contributed by atoms with E-state index >= 15 is 0 Å². The molecule has 3 atom stereocenters. The van der Waals surface area contributed by atoms with Crippen molar-refractivity contribution in [1.29, 1.82) is 0 Å². The van der Waals surface area contributed by atoms with Gasteiger partial charge in [0.15, 0.2) is 0 Å². The fraction of sp³-hybridized carbons (Fsp3) is 0.941. The third-order valence-corrected chi connectivity index (χ3v) is 4.81. The monoisotopic (exact) mass is 311 g/mol. The SMILES string of the molecule is CC1CC(NCCC2CCN(C(=O)OC(C)(C)C)C2)CN1C. The standard InChI is InChI=1S/C17H33N3O2/c1-13-10-15(12-19(13)5)18-8-6-14-7-9-20(11-14)16(21)22-17(2,3)4/h13-15,18H,6-12H2,1-5H3. The van der Waals surface area contributed by atoms with Crippen LogP contribution in [0, 0.1) is 5.92 Å². The molecule has 0 aromatic rings. The number of hydrogen-bond acceptors (Lipinski definition) is 4. The summed E-state index contributed by atoms with van der Waals surface area (Å²) in [6.45, 7) is 11.9. The Hall–Kier alpha value is -0.810. The Bertz CT molecular complexity index is 371. The summed E-state index contributed by atoms with van der Waals surface area (Å²) in [6.07, 6.45) is 3.33. The van der Waals surface area contributed by atoms with Crippen LogP contribution in [0.15, 0.2) is 0 Å². The van der Waals surface area contributed by atoms with Gasteiger partial charge in [-0.05, 0) is 66.5 Å². The number of likely N-dealkylation sites (tertiary alicyclic amines) is 2. The molecule has 0 bridgehead atoms. The van der Waals surface area contributed by atoms with E-state index in [0.29, 0.717) is 18.0 Å². The minimum Gasteiger partial charge on any atom is -0.444 e. The number of carbonyl (C=O) groups is 1. The van der Waals surface area contributed by atoms with Gasteiger partial charge in [0.2, 0.25) is 0 Å². The van der Waals surface area contributed by atoms with Gasteiger partial charge in [0, 0.05) is 31.7 Å². The summed E-state index contributed by atoms with van der Waals surface area (Å²) in [6, 6.07) is 1.31. The summed E-state index contributed by atoms with van der Waals surface area (Å²) >= 11 is 0. The lowest BCUT2D eigenvalue weighted by molar-refractivity contribution is 0.0287. The molecule has 3 unspecified atom stereocenters. The zero-order valence-corrected chi connectivity index (χ0v) is 14.9. The molecule has 0 aromatic heterocycles. The van der Waals surface area contributed by atoms with Crippen LogP contribution in [-0.4, -0.2) is 66.8 Å². The van der Waals surface area contributed by atoms with Gasteiger partial charge in [-0.1, -0.05) is 0 Å². The Morgan fingerprint density at radius 3 is 2.64 bits per heavy atom. The number of carbonyl (C=O) groups excluding carboxylic acids is 1. The van der Waals surface area contributed by atoms with E-state index < -0.39 is 5.60 Å². The quantitative estimate of drug-likeness (QED) is 0.865. The normalized spacial score (nSPS) is 30.0. The second kappa shape index (κ2) is 7.18. The van der Waals surface area contributed by atoms with Crippen LogP contribution >= 0.6 is 0 Å². The van der Waals surface area contributed by atoms with Crippen molar-refractivity contribution in [1.82, 2.24) is 15.1 Å². The topological polar surface area (TPSA) is 44.8 Å². The first kappa shape index (κ1) is 17.5. The summed E-state index contributed by atoms with van der Waals surface area (Å²) in [4.78, 5) is 16.3. The first-order valence-electron chi connectivity index (χ1n) is 8.66. The van der Waals surface area contributed by atoms with Crippen LogP contribution in [0.1, 0.15) is 47.0 Å². The van der Waals surface area contributed by atoms with Gasteiger partial charge in [-0.3, -0.25) is 0 Å². The highest BCUT2D eigenvalue weighted by atomic mass is 16.6. The molecule has 2 fully saturated rings. The Morgan fingerprint density at radius 2 is 2.05 bits per heavy atom. The highest BCUT2D eigenvalue weighted by Gasteiger charge is 2.30. The van der Waals surface area contributed by atoms with Crippen molar-refractivity contribution in [3.8, 4) is 0 Å². The third-order valence-electron chi connectivity index (χ3n) is 4.81. The van der Waals surface area contributed by atoms with Gasteiger partial charge in [0.05, 0.1) is 0 Å². The summed E-state index contributed by atoms with van der Waals surface area (Å²) < 4.78 is 5.45. The van der Waals surface area contributed by atoms with Gasteiger partial charge in [-0.15, -0.1) is 0 Å². The Labute approximate surface area is 135 Å². The van der Waals surface area contributed by atoms with Crippen molar-refractivity contribution in [2.75, 3.05) is 33.2 Å². The fourth-order valence-electron chi connectivity index (χ4n) is 3.39. The average Bonchev–Trinajstić information content (AvgIpc) is 2.96. The molecule has 0 radical (unpaired) electrons. The van der Waals surface area contributed by atoms with Crippen LogP contribution in [0.25, 0.3) is 0 Å². The number of amides is 1. The van der Waals surface area contributed by atoms with Gasteiger partial charge in [-0.25, -0.2) is 4.79 Å². The lowest BCUT2D eigenvalue weighted by Gasteiger charge is -2.24. The van der Waals surface area contributed by atoms with Gasteiger partial charge in [-0.2, -0.15) is 0 Å². The first-order chi connectivity index (χ1) is 10.2. The smallest absolute Gasteiger partial charge is 0.410 e. The van der Waals surface area contributed by atoms with Gasteiger partial charge in [0.1, 0.15) is 5.60 Å². The third kappa shape index (κ3) is 5.13. The van der Waals surface area contributed by atoms with E-state index in [4.69, 9.17) is 4.74 Å². The Balaban J connectivity index is 1.63. The average molecular weight is 311 g/mol. The molecule has 0 aromatic carbocycles. The Kier molecular flexibility index (Phi) is 5.72.